The van der Waals surface area contributed by atoms with E-state index in [0.29, 0.717) is 19.3 Å². The molecule has 0 aliphatic heterocycles. The smallest absolute Gasteiger partial charge is 0.306 e. The van der Waals surface area contributed by atoms with Crippen LogP contribution < -0.4 is 0 Å². The molecule has 0 aromatic carbocycles. The Morgan fingerprint density at radius 2 is 0.614 bits per heavy atom. The first-order chi connectivity index (χ1) is 27.9. The van der Waals surface area contributed by atoms with Gasteiger partial charge in [0, 0.05) is 19.3 Å². The van der Waals surface area contributed by atoms with Crippen LogP contribution in [-0.4, -0.2) is 37.2 Å². The van der Waals surface area contributed by atoms with Gasteiger partial charge in [-0.25, -0.2) is 0 Å². The number of unbranched alkanes of at least 4 members (excludes halogenated alkanes) is 32. The van der Waals surface area contributed by atoms with Gasteiger partial charge in [0.1, 0.15) is 13.2 Å². The molecule has 0 rings (SSSR count). The molecule has 0 saturated heterocycles. The summed E-state index contributed by atoms with van der Waals surface area (Å²) in [6.07, 6.45) is 46.4. The molecule has 6 heteroatoms. The summed E-state index contributed by atoms with van der Waals surface area (Å²) in [6.45, 7) is 9.04. The van der Waals surface area contributed by atoms with Crippen LogP contribution in [0.2, 0.25) is 0 Å². The molecular formula is C51H98O6. The third kappa shape index (κ3) is 43.8. The zero-order valence-electron chi connectivity index (χ0n) is 38.8. The number of ether oxygens (including phenoxy) is 3. The summed E-state index contributed by atoms with van der Waals surface area (Å²) in [5.41, 5.74) is 0. The van der Waals surface area contributed by atoms with Crippen molar-refractivity contribution in [3.63, 3.8) is 0 Å². The molecule has 0 spiro atoms. The van der Waals surface area contributed by atoms with Gasteiger partial charge in [-0.15, -0.1) is 0 Å². The fraction of sp³-hybridized carbons (Fsp3) is 0.941. The molecule has 0 heterocycles. The molecule has 0 aromatic rings. The van der Waals surface area contributed by atoms with E-state index >= 15 is 0 Å². The Morgan fingerprint density at radius 1 is 0.351 bits per heavy atom. The van der Waals surface area contributed by atoms with Crippen LogP contribution in [0.15, 0.2) is 0 Å². The molecule has 0 saturated carbocycles. The summed E-state index contributed by atoms with van der Waals surface area (Å²) >= 11 is 0. The molecule has 0 aliphatic carbocycles. The Labute approximate surface area is 355 Å². The largest absolute Gasteiger partial charge is 0.462 e. The van der Waals surface area contributed by atoms with E-state index < -0.39 is 6.10 Å². The molecule has 0 aromatic heterocycles. The van der Waals surface area contributed by atoms with Crippen molar-refractivity contribution in [3.05, 3.63) is 0 Å². The van der Waals surface area contributed by atoms with Crippen molar-refractivity contribution in [1.29, 1.82) is 0 Å². The number of carbonyl (C=O) groups is 3. The van der Waals surface area contributed by atoms with E-state index in [-0.39, 0.29) is 31.1 Å². The highest BCUT2D eigenvalue weighted by Gasteiger charge is 2.19. The molecule has 57 heavy (non-hydrogen) atoms. The van der Waals surface area contributed by atoms with Crippen molar-refractivity contribution in [2.75, 3.05) is 13.2 Å². The summed E-state index contributed by atoms with van der Waals surface area (Å²) in [7, 11) is 0. The molecule has 6 nitrogen and oxygen atoms in total. The number of carbonyl (C=O) groups excluding carboxylic acids is 3. The quantitative estimate of drug-likeness (QED) is 0.0346. The van der Waals surface area contributed by atoms with Gasteiger partial charge in [0.2, 0.25) is 0 Å². The van der Waals surface area contributed by atoms with Crippen LogP contribution in [0.5, 0.6) is 0 Å². The third-order valence-corrected chi connectivity index (χ3v) is 11.9. The van der Waals surface area contributed by atoms with Gasteiger partial charge in [0.05, 0.1) is 0 Å². The van der Waals surface area contributed by atoms with Gasteiger partial charge in [0.25, 0.3) is 0 Å². The highest BCUT2D eigenvalue weighted by Crippen LogP contribution is 2.17. The van der Waals surface area contributed by atoms with Gasteiger partial charge in [-0.05, 0) is 25.2 Å². The molecule has 338 valence electrons. The van der Waals surface area contributed by atoms with E-state index in [2.05, 4.69) is 27.7 Å². The maximum absolute atomic E-state index is 12.8. The first-order valence-electron chi connectivity index (χ1n) is 25.4. The number of esters is 3. The number of rotatable bonds is 46. The number of hydrogen-bond acceptors (Lipinski definition) is 6. The predicted molar refractivity (Wildman–Crippen MR) is 243 cm³/mol. The Kier molecular flexibility index (Phi) is 44.2. The van der Waals surface area contributed by atoms with Gasteiger partial charge in [-0.3, -0.25) is 14.4 Å². The monoisotopic (exact) mass is 807 g/mol. The van der Waals surface area contributed by atoms with Gasteiger partial charge in [-0.1, -0.05) is 246 Å². The number of hydrogen-bond donors (Lipinski definition) is 0. The molecule has 0 bridgehead atoms. The summed E-state index contributed by atoms with van der Waals surface area (Å²) in [5.74, 6) is 0.0210. The third-order valence-electron chi connectivity index (χ3n) is 11.9. The fourth-order valence-corrected chi connectivity index (χ4v) is 7.66. The van der Waals surface area contributed by atoms with E-state index in [9.17, 15) is 14.4 Å². The molecule has 0 fully saturated rings. The van der Waals surface area contributed by atoms with Crippen LogP contribution in [0.3, 0.4) is 0 Å². The lowest BCUT2D eigenvalue weighted by Gasteiger charge is -2.18. The van der Waals surface area contributed by atoms with Crippen LogP contribution in [-0.2, 0) is 28.6 Å². The minimum atomic E-state index is -0.760. The second kappa shape index (κ2) is 45.5. The van der Waals surface area contributed by atoms with E-state index in [0.717, 1.165) is 63.7 Å². The summed E-state index contributed by atoms with van der Waals surface area (Å²) in [5, 5.41) is 0. The standard InChI is InChI=1S/C51H98O6/c1-5-8-10-12-14-16-18-19-20-22-27-31-35-39-43-50(53)56-46-48(45-55-49(52)42-38-34-30-26-21-17-15-13-11-9-6-2)57-51(54)44-40-36-32-28-24-23-25-29-33-37-41-47(4)7-3/h47-48H,5-46H2,1-4H3/t47?,48-/m0/s1. The first-order valence-corrected chi connectivity index (χ1v) is 25.4. The minimum absolute atomic E-state index is 0.0630. The van der Waals surface area contributed by atoms with E-state index in [1.165, 1.54) is 180 Å². The first kappa shape index (κ1) is 55.4. The van der Waals surface area contributed by atoms with Crippen LogP contribution in [0.4, 0.5) is 0 Å². The van der Waals surface area contributed by atoms with Crippen molar-refractivity contribution in [1.82, 2.24) is 0 Å². The van der Waals surface area contributed by atoms with Crippen molar-refractivity contribution in [2.24, 2.45) is 5.92 Å². The van der Waals surface area contributed by atoms with Gasteiger partial charge in [-0.2, -0.15) is 0 Å². The summed E-state index contributed by atoms with van der Waals surface area (Å²) in [6, 6.07) is 0. The van der Waals surface area contributed by atoms with Crippen LogP contribution in [0, 0.1) is 5.92 Å². The lowest BCUT2D eigenvalue weighted by Crippen LogP contribution is -2.30. The second-order valence-electron chi connectivity index (χ2n) is 17.7. The molecule has 1 unspecified atom stereocenters. The maximum Gasteiger partial charge on any atom is 0.306 e. The van der Waals surface area contributed by atoms with Crippen LogP contribution in [0.25, 0.3) is 0 Å². The summed E-state index contributed by atoms with van der Waals surface area (Å²) in [4.78, 5) is 37.9. The topological polar surface area (TPSA) is 78.9 Å². The second-order valence-corrected chi connectivity index (χ2v) is 17.7. The van der Waals surface area contributed by atoms with Crippen molar-refractivity contribution >= 4 is 17.9 Å². The van der Waals surface area contributed by atoms with Crippen molar-refractivity contribution < 1.29 is 28.6 Å². The van der Waals surface area contributed by atoms with Gasteiger partial charge < -0.3 is 14.2 Å². The highest BCUT2D eigenvalue weighted by atomic mass is 16.6. The Hall–Kier alpha value is -1.59. The molecule has 0 radical (unpaired) electrons. The molecule has 0 amide bonds. The molecule has 0 N–H and O–H groups in total. The van der Waals surface area contributed by atoms with Crippen LogP contribution >= 0.6 is 0 Å². The Morgan fingerprint density at radius 3 is 0.912 bits per heavy atom. The lowest BCUT2D eigenvalue weighted by atomic mass is 9.99. The lowest BCUT2D eigenvalue weighted by molar-refractivity contribution is -0.167. The molecule has 0 aliphatic rings. The van der Waals surface area contributed by atoms with Crippen LogP contribution in [0.1, 0.15) is 285 Å². The van der Waals surface area contributed by atoms with Gasteiger partial charge in [0.15, 0.2) is 6.10 Å². The summed E-state index contributed by atoms with van der Waals surface area (Å²) < 4.78 is 16.8. The van der Waals surface area contributed by atoms with Crippen molar-refractivity contribution in [2.45, 2.75) is 291 Å². The Balaban J connectivity index is 4.32. The SMILES string of the molecule is CCCCCCCCCCCCCCCCC(=O)OC[C@H](COC(=O)CCCCCCCCCCCCC)OC(=O)CCCCCCCCCCCCC(C)CC. The molecule has 2 atom stereocenters. The average Bonchev–Trinajstić information content (AvgIpc) is 3.21. The zero-order chi connectivity index (χ0) is 41.7. The van der Waals surface area contributed by atoms with Gasteiger partial charge >= 0.3 is 17.9 Å². The predicted octanol–water partition coefficient (Wildman–Crippen LogP) is 16.3. The zero-order valence-corrected chi connectivity index (χ0v) is 38.8. The van der Waals surface area contributed by atoms with Crippen molar-refractivity contribution in [3.8, 4) is 0 Å². The van der Waals surface area contributed by atoms with E-state index in [1.807, 2.05) is 0 Å². The minimum Gasteiger partial charge on any atom is -0.462 e. The maximum atomic E-state index is 12.8. The fourth-order valence-electron chi connectivity index (χ4n) is 7.66. The Bertz CT molecular complexity index is 859. The average molecular weight is 807 g/mol. The highest BCUT2D eigenvalue weighted by molar-refractivity contribution is 5.71. The van der Waals surface area contributed by atoms with E-state index in [1.54, 1.807) is 0 Å². The molecular weight excluding hydrogens is 709 g/mol. The normalized spacial score (nSPS) is 12.4. The van der Waals surface area contributed by atoms with E-state index in [4.69, 9.17) is 14.2 Å².